The molecule has 0 atom stereocenters. The Hall–Kier alpha value is -2.68. The average Bonchev–Trinajstić information content (AvgIpc) is 2.69. The molecule has 2 rings (SSSR count). The molecule has 0 saturated heterocycles. The van der Waals surface area contributed by atoms with E-state index in [9.17, 15) is 0 Å². The van der Waals surface area contributed by atoms with E-state index in [1.807, 2.05) is 42.5 Å². The van der Waals surface area contributed by atoms with Crippen LogP contribution in [0.4, 0.5) is 0 Å². The summed E-state index contributed by atoms with van der Waals surface area (Å²) in [5, 5.41) is 0. The smallest absolute Gasteiger partial charge is 0.204 e. The van der Waals surface area contributed by atoms with Gasteiger partial charge in [-0.2, -0.15) is 0 Å². The van der Waals surface area contributed by atoms with Crippen molar-refractivity contribution in [2.45, 2.75) is 33.3 Å². The zero-order valence-electron chi connectivity index (χ0n) is 16.1. The fourth-order valence-corrected chi connectivity index (χ4v) is 2.65. The zero-order valence-corrected chi connectivity index (χ0v) is 16.1. The third-order valence-corrected chi connectivity index (χ3v) is 4.09. The summed E-state index contributed by atoms with van der Waals surface area (Å²) < 4.78 is 17.2. The summed E-state index contributed by atoms with van der Waals surface area (Å²) in [5.74, 6) is 1.98. The maximum absolute atomic E-state index is 6.07. The van der Waals surface area contributed by atoms with Gasteiger partial charge in [0.25, 0.3) is 0 Å². The second-order valence-electron chi connectivity index (χ2n) is 6.02. The maximum atomic E-state index is 6.07. The third kappa shape index (κ3) is 5.16. The van der Waals surface area contributed by atoms with Gasteiger partial charge >= 0.3 is 0 Å². The minimum Gasteiger partial charge on any atom is -0.493 e. The zero-order chi connectivity index (χ0) is 18.8. The molecule has 0 unspecified atom stereocenters. The largest absolute Gasteiger partial charge is 0.493 e. The topological polar surface area (TPSA) is 27.7 Å². The van der Waals surface area contributed by atoms with E-state index in [4.69, 9.17) is 14.2 Å². The van der Waals surface area contributed by atoms with Crippen molar-refractivity contribution < 1.29 is 14.2 Å². The van der Waals surface area contributed by atoms with Gasteiger partial charge in [0.15, 0.2) is 11.5 Å². The first kappa shape index (κ1) is 19.6. The molecule has 138 valence electrons. The molecule has 0 N–H and O–H groups in total. The number of allylic oxidation sites excluding steroid dienone is 4. The van der Waals surface area contributed by atoms with Gasteiger partial charge in [-0.3, -0.25) is 0 Å². The van der Waals surface area contributed by atoms with Crippen molar-refractivity contribution in [3.8, 4) is 17.2 Å². The van der Waals surface area contributed by atoms with Gasteiger partial charge in [0, 0.05) is 5.56 Å². The van der Waals surface area contributed by atoms with Crippen molar-refractivity contribution in [2.75, 3.05) is 14.2 Å². The fraction of sp³-hybridized carbons (Fsp3) is 0.304. The highest BCUT2D eigenvalue weighted by molar-refractivity contribution is 5.75. The normalized spacial score (nSPS) is 11.6. The Bertz CT molecular complexity index is 746. The number of benzene rings is 2. The summed E-state index contributed by atoms with van der Waals surface area (Å²) >= 11 is 0. The molecule has 0 aromatic heterocycles. The van der Waals surface area contributed by atoms with Crippen molar-refractivity contribution in [1.82, 2.24) is 0 Å². The quantitative estimate of drug-likeness (QED) is 0.515. The summed E-state index contributed by atoms with van der Waals surface area (Å²) in [6.45, 7) is 4.70. The third-order valence-electron chi connectivity index (χ3n) is 4.09. The molecule has 3 heteroatoms. The predicted octanol–water partition coefficient (Wildman–Crippen LogP) is 6.04. The summed E-state index contributed by atoms with van der Waals surface area (Å²) in [6, 6.07) is 14.0. The van der Waals surface area contributed by atoms with E-state index in [2.05, 4.69) is 32.1 Å². The Morgan fingerprint density at radius 3 is 2.38 bits per heavy atom. The van der Waals surface area contributed by atoms with Gasteiger partial charge < -0.3 is 14.2 Å². The fourth-order valence-electron chi connectivity index (χ4n) is 2.65. The van der Waals surface area contributed by atoms with Gasteiger partial charge in [-0.25, -0.2) is 0 Å². The molecule has 0 radical (unpaired) electrons. The molecule has 2 aromatic rings. The van der Waals surface area contributed by atoms with Crippen LogP contribution in [0.5, 0.6) is 17.2 Å². The molecule has 2 aromatic carbocycles. The highest BCUT2D eigenvalue weighted by Gasteiger charge is 2.17. The van der Waals surface area contributed by atoms with Crippen molar-refractivity contribution in [2.24, 2.45) is 0 Å². The lowest BCUT2D eigenvalue weighted by Crippen LogP contribution is -2.02. The van der Waals surface area contributed by atoms with Crippen LogP contribution in [0, 0.1) is 0 Å². The van der Waals surface area contributed by atoms with Gasteiger partial charge in [-0.1, -0.05) is 61.9 Å². The van der Waals surface area contributed by atoms with Crippen molar-refractivity contribution in [3.05, 3.63) is 71.8 Å². The van der Waals surface area contributed by atoms with Crippen LogP contribution in [0.3, 0.4) is 0 Å². The molecular weight excluding hydrogens is 324 g/mol. The monoisotopic (exact) mass is 352 g/mol. The summed E-state index contributed by atoms with van der Waals surface area (Å²) in [4.78, 5) is 0. The van der Waals surface area contributed by atoms with Crippen LogP contribution in [0.25, 0.3) is 5.57 Å². The first-order valence-corrected chi connectivity index (χ1v) is 8.96. The minimum atomic E-state index is 0.455. The molecule has 0 saturated carbocycles. The number of ether oxygens (including phenoxy) is 3. The van der Waals surface area contributed by atoms with Crippen LogP contribution in [0.15, 0.2) is 60.7 Å². The van der Waals surface area contributed by atoms with E-state index in [0.717, 1.165) is 29.5 Å². The van der Waals surface area contributed by atoms with Gasteiger partial charge in [0.1, 0.15) is 6.61 Å². The van der Waals surface area contributed by atoms with E-state index < -0.39 is 0 Å². The maximum Gasteiger partial charge on any atom is 0.204 e. The lowest BCUT2D eigenvalue weighted by atomic mass is 10.0. The predicted molar refractivity (Wildman–Crippen MR) is 108 cm³/mol. The van der Waals surface area contributed by atoms with Crippen molar-refractivity contribution in [3.63, 3.8) is 0 Å². The second-order valence-corrected chi connectivity index (χ2v) is 6.02. The first-order valence-electron chi connectivity index (χ1n) is 8.96. The molecule has 3 nitrogen and oxygen atoms in total. The summed E-state index contributed by atoms with van der Waals surface area (Å²) in [7, 11) is 3.30. The van der Waals surface area contributed by atoms with E-state index in [-0.39, 0.29) is 0 Å². The van der Waals surface area contributed by atoms with Crippen molar-refractivity contribution in [1.29, 1.82) is 0 Å². The Morgan fingerprint density at radius 1 is 0.962 bits per heavy atom. The summed E-state index contributed by atoms with van der Waals surface area (Å²) in [6.07, 6.45) is 8.59. The number of rotatable bonds is 9. The van der Waals surface area contributed by atoms with Crippen molar-refractivity contribution >= 4 is 5.57 Å². The molecule has 0 heterocycles. The van der Waals surface area contributed by atoms with Crippen LogP contribution < -0.4 is 14.2 Å². The summed E-state index contributed by atoms with van der Waals surface area (Å²) in [5.41, 5.74) is 3.20. The average molecular weight is 352 g/mol. The Balaban J connectivity index is 2.33. The van der Waals surface area contributed by atoms with E-state index >= 15 is 0 Å². The van der Waals surface area contributed by atoms with E-state index in [0.29, 0.717) is 23.9 Å². The van der Waals surface area contributed by atoms with Gasteiger partial charge in [0.2, 0.25) is 5.75 Å². The number of methoxy groups -OCH3 is 2. The van der Waals surface area contributed by atoms with Crippen LogP contribution in [-0.2, 0) is 6.61 Å². The standard InChI is InChI=1S/C23H28O3/c1-5-6-7-9-12-18(2)20-15-16-21(24-3)23(22(20)25-4)26-17-19-13-10-8-11-14-19/h7-16H,5-6,17H2,1-4H3/b9-7-,18-12+. The molecule has 26 heavy (non-hydrogen) atoms. The molecule has 0 aliphatic heterocycles. The van der Waals surface area contributed by atoms with Crippen LogP contribution in [0.2, 0.25) is 0 Å². The van der Waals surface area contributed by atoms with Crippen LogP contribution >= 0.6 is 0 Å². The lowest BCUT2D eigenvalue weighted by molar-refractivity contribution is 0.265. The second kappa shape index (κ2) is 10.3. The minimum absolute atomic E-state index is 0.455. The number of hydrogen-bond acceptors (Lipinski definition) is 3. The highest BCUT2D eigenvalue weighted by atomic mass is 16.5. The molecule has 0 spiro atoms. The molecule has 0 bridgehead atoms. The molecule has 0 aliphatic carbocycles. The molecular formula is C23H28O3. The lowest BCUT2D eigenvalue weighted by Gasteiger charge is -2.18. The Morgan fingerprint density at radius 2 is 1.73 bits per heavy atom. The number of hydrogen-bond donors (Lipinski definition) is 0. The van der Waals surface area contributed by atoms with E-state index in [1.165, 1.54) is 0 Å². The van der Waals surface area contributed by atoms with Gasteiger partial charge in [-0.15, -0.1) is 0 Å². The molecule has 0 amide bonds. The van der Waals surface area contributed by atoms with E-state index in [1.54, 1.807) is 14.2 Å². The highest BCUT2D eigenvalue weighted by Crippen LogP contribution is 2.42. The van der Waals surface area contributed by atoms with Gasteiger partial charge in [-0.05, 0) is 36.6 Å². The van der Waals surface area contributed by atoms with Gasteiger partial charge in [0.05, 0.1) is 14.2 Å². The SMILES string of the molecule is CCC/C=C\C=C(/C)c1ccc(OC)c(OCc2ccccc2)c1OC. The molecule has 0 aliphatic rings. The number of unbranched alkanes of at least 4 members (excludes halogenated alkanes) is 1. The Kier molecular flexibility index (Phi) is 7.81. The Labute approximate surface area is 156 Å². The van der Waals surface area contributed by atoms with Crippen LogP contribution in [0.1, 0.15) is 37.8 Å². The van der Waals surface area contributed by atoms with Crippen LogP contribution in [-0.4, -0.2) is 14.2 Å². The first-order chi connectivity index (χ1) is 12.7. The molecule has 0 fully saturated rings.